The largest absolute Gasteiger partial charge is 0.490 e. The summed E-state index contributed by atoms with van der Waals surface area (Å²) in [6.45, 7) is 0.0554. The number of aliphatic hydroxyl groups excluding tert-OH is 1. The van der Waals surface area contributed by atoms with Crippen LogP contribution in [0.15, 0.2) is 0 Å². The van der Waals surface area contributed by atoms with Gasteiger partial charge in [-0.25, -0.2) is 9.59 Å². The fourth-order valence-corrected chi connectivity index (χ4v) is 2.75. The molecule has 1 aliphatic heterocycles. The van der Waals surface area contributed by atoms with Crippen LogP contribution in [0.3, 0.4) is 0 Å². The lowest BCUT2D eigenvalue weighted by molar-refractivity contribution is -0.192. The second-order valence-electron chi connectivity index (χ2n) is 5.49. The first-order valence-corrected chi connectivity index (χ1v) is 6.95. The van der Waals surface area contributed by atoms with E-state index < -0.39 is 24.2 Å². The van der Waals surface area contributed by atoms with Crippen LogP contribution in [0.4, 0.5) is 13.2 Å². The average Bonchev–Trinajstić information content (AvgIpc) is 3.18. The molecule has 0 aromatic rings. The Morgan fingerprint density at radius 2 is 1.74 bits per heavy atom. The number of halogens is 3. The number of carboxylic acid groups (broad SMARTS) is 2. The van der Waals surface area contributed by atoms with Crippen molar-refractivity contribution in [2.24, 2.45) is 11.8 Å². The molecule has 1 saturated heterocycles. The molecule has 0 spiro atoms. The highest BCUT2D eigenvalue weighted by Gasteiger charge is 2.45. The Kier molecular flexibility index (Phi) is 6.20. The van der Waals surface area contributed by atoms with Gasteiger partial charge in [-0.1, -0.05) is 0 Å². The van der Waals surface area contributed by atoms with Gasteiger partial charge in [0.05, 0.1) is 0 Å². The van der Waals surface area contributed by atoms with Crippen molar-refractivity contribution in [1.82, 2.24) is 4.90 Å². The van der Waals surface area contributed by atoms with E-state index in [0.717, 1.165) is 12.8 Å². The zero-order chi connectivity index (χ0) is 17.8. The van der Waals surface area contributed by atoms with Crippen LogP contribution in [-0.2, 0) is 9.59 Å². The highest BCUT2D eigenvalue weighted by atomic mass is 19.4. The third kappa shape index (κ3) is 4.99. The number of alkyl halides is 3. The highest BCUT2D eigenvalue weighted by Crippen LogP contribution is 2.43. The number of nitriles is 1. The average molecular weight is 338 g/mol. The summed E-state index contributed by atoms with van der Waals surface area (Å²) in [6.07, 6.45) is 0.304. The minimum Gasteiger partial charge on any atom is -0.480 e. The first-order chi connectivity index (χ1) is 10.6. The number of likely N-dealkylation sites (tertiary alicyclic amines) is 1. The molecule has 0 aromatic heterocycles. The van der Waals surface area contributed by atoms with Gasteiger partial charge in [0.15, 0.2) is 6.19 Å². The highest BCUT2D eigenvalue weighted by molar-refractivity contribution is 5.74. The summed E-state index contributed by atoms with van der Waals surface area (Å²) in [5.74, 6) is -3.13. The molecule has 0 bridgehead atoms. The van der Waals surface area contributed by atoms with Gasteiger partial charge in [-0.3, -0.25) is 4.90 Å². The zero-order valence-corrected chi connectivity index (χ0v) is 12.0. The maximum atomic E-state index is 11.0. The van der Waals surface area contributed by atoms with Gasteiger partial charge in [-0.2, -0.15) is 18.4 Å². The van der Waals surface area contributed by atoms with Gasteiger partial charge >= 0.3 is 18.1 Å². The fourth-order valence-electron chi connectivity index (χ4n) is 2.75. The molecular weight excluding hydrogens is 321 g/mol. The molecule has 23 heavy (non-hydrogen) atoms. The second kappa shape index (κ2) is 7.50. The standard InChI is InChI=1S/C11H16N2O3.C2HF3O2/c12-6-13-9(3-4-10(13)11(15)16)8(5-14)7-1-2-7;3-2(4,5)1(6)7/h7-10,14H,1-5H2,(H,15,16);(H,6,7). The molecule has 1 heterocycles. The van der Waals surface area contributed by atoms with Gasteiger partial charge < -0.3 is 15.3 Å². The lowest BCUT2D eigenvalue weighted by atomic mass is 9.93. The summed E-state index contributed by atoms with van der Waals surface area (Å²) >= 11 is 0. The molecule has 10 heteroatoms. The van der Waals surface area contributed by atoms with Crippen molar-refractivity contribution in [3.8, 4) is 6.19 Å². The van der Waals surface area contributed by atoms with Crippen molar-refractivity contribution < 1.29 is 38.1 Å². The van der Waals surface area contributed by atoms with Crippen molar-refractivity contribution in [2.75, 3.05) is 6.61 Å². The number of carbonyl (C=O) groups is 2. The molecule has 2 rings (SSSR count). The van der Waals surface area contributed by atoms with Crippen LogP contribution in [-0.4, -0.2) is 57.0 Å². The van der Waals surface area contributed by atoms with Gasteiger partial charge in [0, 0.05) is 18.6 Å². The Labute approximate surface area is 129 Å². The lowest BCUT2D eigenvalue weighted by Gasteiger charge is -2.28. The molecule has 2 fully saturated rings. The number of aliphatic hydroxyl groups is 1. The van der Waals surface area contributed by atoms with E-state index in [1.165, 1.54) is 4.90 Å². The smallest absolute Gasteiger partial charge is 0.480 e. The summed E-state index contributed by atoms with van der Waals surface area (Å²) in [4.78, 5) is 21.2. The van der Waals surface area contributed by atoms with Crippen LogP contribution in [0.5, 0.6) is 0 Å². The molecule has 0 amide bonds. The van der Waals surface area contributed by atoms with Crippen molar-refractivity contribution >= 4 is 11.9 Å². The van der Waals surface area contributed by atoms with E-state index >= 15 is 0 Å². The number of carboxylic acids is 2. The maximum Gasteiger partial charge on any atom is 0.490 e. The molecule has 1 saturated carbocycles. The number of hydrogen-bond donors (Lipinski definition) is 3. The number of hydrogen-bond acceptors (Lipinski definition) is 5. The van der Waals surface area contributed by atoms with E-state index in [9.17, 15) is 23.1 Å². The first kappa shape index (κ1) is 19.0. The topological polar surface area (TPSA) is 122 Å². The van der Waals surface area contributed by atoms with E-state index in [1.54, 1.807) is 0 Å². The number of rotatable bonds is 4. The molecule has 0 radical (unpaired) electrons. The van der Waals surface area contributed by atoms with Crippen molar-refractivity contribution in [3.05, 3.63) is 0 Å². The second-order valence-corrected chi connectivity index (χ2v) is 5.49. The van der Waals surface area contributed by atoms with Crippen LogP contribution in [0.1, 0.15) is 25.7 Å². The monoisotopic (exact) mass is 338 g/mol. The summed E-state index contributed by atoms with van der Waals surface area (Å²) in [6, 6.07) is -0.772. The summed E-state index contributed by atoms with van der Waals surface area (Å²) in [5.41, 5.74) is 0. The Hall–Kier alpha value is -2.02. The first-order valence-electron chi connectivity index (χ1n) is 6.95. The SMILES string of the molecule is N#CN1C(C(=O)O)CCC1C(CO)C1CC1.O=C(O)C(F)(F)F. The molecular formula is C13H17F3N2O5. The third-order valence-electron chi connectivity index (χ3n) is 4.00. The summed E-state index contributed by atoms with van der Waals surface area (Å²) in [7, 11) is 0. The van der Waals surface area contributed by atoms with Gasteiger partial charge in [-0.15, -0.1) is 0 Å². The third-order valence-corrected chi connectivity index (χ3v) is 4.00. The summed E-state index contributed by atoms with van der Waals surface area (Å²) < 4.78 is 31.7. The van der Waals surface area contributed by atoms with Crippen molar-refractivity contribution in [3.63, 3.8) is 0 Å². The van der Waals surface area contributed by atoms with Crippen molar-refractivity contribution in [2.45, 2.75) is 43.9 Å². The minimum atomic E-state index is -5.08. The molecule has 3 unspecified atom stereocenters. The quantitative estimate of drug-likeness (QED) is 0.655. The Balaban J connectivity index is 0.000000322. The van der Waals surface area contributed by atoms with Crippen LogP contribution in [0, 0.1) is 23.3 Å². The Morgan fingerprint density at radius 3 is 2.04 bits per heavy atom. The van der Waals surface area contributed by atoms with Crippen LogP contribution < -0.4 is 0 Å². The van der Waals surface area contributed by atoms with E-state index in [2.05, 4.69) is 0 Å². The molecule has 130 valence electrons. The fraction of sp³-hybridized carbons (Fsp3) is 0.769. The van der Waals surface area contributed by atoms with Gasteiger partial charge in [0.2, 0.25) is 0 Å². The van der Waals surface area contributed by atoms with Crippen LogP contribution in [0.25, 0.3) is 0 Å². The minimum absolute atomic E-state index is 0.0554. The normalized spacial score (nSPS) is 25.1. The molecule has 2 aliphatic rings. The molecule has 3 N–H and O–H groups in total. The van der Waals surface area contributed by atoms with Gasteiger partial charge in [0.25, 0.3) is 0 Å². The van der Waals surface area contributed by atoms with E-state index in [-0.39, 0.29) is 18.6 Å². The van der Waals surface area contributed by atoms with E-state index in [0.29, 0.717) is 18.8 Å². The number of nitrogens with zero attached hydrogens (tertiary/aromatic N) is 2. The zero-order valence-electron chi connectivity index (χ0n) is 12.0. The van der Waals surface area contributed by atoms with Crippen molar-refractivity contribution in [1.29, 1.82) is 5.26 Å². The molecule has 3 atom stereocenters. The molecule has 0 aromatic carbocycles. The molecule has 7 nitrogen and oxygen atoms in total. The Bertz CT molecular complexity index is 487. The lowest BCUT2D eigenvalue weighted by Crippen LogP contribution is -2.42. The van der Waals surface area contributed by atoms with E-state index in [1.807, 2.05) is 6.19 Å². The predicted octanol–water partition coefficient (Wildman–Crippen LogP) is 1.04. The van der Waals surface area contributed by atoms with Gasteiger partial charge in [-0.05, 0) is 31.6 Å². The van der Waals surface area contributed by atoms with Crippen LogP contribution in [0.2, 0.25) is 0 Å². The predicted molar refractivity (Wildman–Crippen MR) is 68.9 cm³/mol. The Morgan fingerprint density at radius 1 is 1.22 bits per heavy atom. The molecule has 1 aliphatic carbocycles. The van der Waals surface area contributed by atoms with Gasteiger partial charge in [0.1, 0.15) is 6.04 Å². The van der Waals surface area contributed by atoms with E-state index in [4.69, 9.17) is 20.3 Å². The van der Waals surface area contributed by atoms with Crippen LogP contribution >= 0.6 is 0 Å². The summed E-state index contributed by atoms with van der Waals surface area (Å²) in [5, 5.41) is 34.5. The number of aliphatic carboxylic acids is 2. The maximum absolute atomic E-state index is 11.0.